The van der Waals surface area contributed by atoms with E-state index in [1.807, 2.05) is 4.90 Å². The molecule has 142 valence electrons. The van der Waals surface area contributed by atoms with Crippen molar-refractivity contribution in [3.05, 3.63) is 65.6 Å². The first-order valence-corrected chi connectivity index (χ1v) is 8.34. The molecule has 0 aliphatic carbocycles. The highest BCUT2D eigenvalue weighted by atomic mass is 19.4. The zero-order valence-corrected chi connectivity index (χ0v) is 14.3. The third-order valence-corrected chi connectivity index (χ3v) is 4.30. The van der Waals surface area contributed by atoms with Crippen LogP contribution in [0.25, 0.3) is 6.08 Å². The quantitative estimate of drug-likeness (QED) is 0.604. The number of hydrogen-bond donors (Lipinski definition) is 0. The Bertz CT molecular complexity index is 826. The maximum Gasteiger partial charge on any atom is 0.417 e. The highest BCUT2D eigenvalue weighted by molar-refractivity contribution is 5.92. The van der Waals surface area contributed by atoms with Crippen molar-refractivity contribution in [3.63, 3.8) is 0 Å². The molecule has 0 saturated carbocycles. The minimum absolute atomic E-state index is 0.238. The number of pyridine rings is 1. The number of alkyl halides is 3. The van der Waals surface area contributed by atoms with Gasteiger partial charge in [-0.25, -0.2) is 9.37 Å². The first-order chi connectivity index (χ1) is 12.8. The van der Waals surface area contributed by atoms with Gasteiger partial charge >= 0.3 is 6.18 Å². The summed E-state index contributed by atoms with van der Waals surface area (Å²) in [6.07, 6.45) is -0.850. The molecule has 1 fully saturated rings. The lowest BCUT2D eigenvalue weighted by molar-refractivity contribution is -0.137. The monoisotopic (exact) mass is 379 g/mol. The van der Waals surface area contributed by atoms with Crippen LogP contribution in [0.4, 0.5) is 23.4 Å². The second-order valence-electron chi connectivity index (χ2n) is 6.07. The maximum absolute atomic E-state index is 13.6. The van der Waals surface area contributed by atoms with Crippen LogP contribution in [0.15, 0.2) is 48.7 Å². The molecular weight excluding hydrogens is 362 g/mol. The van der Waals surface area contributed by atoms with E-state index in [1.54, 1.807) is 23.1 Å². The first-order valence-electron chi connectivity index (χ1n) is 8.34. The fourth-order valence-electron chi connectivity index (χ4n) is 2.77. The summed E-state index contributed by atoms with van der Waals surface area (Å²) < 4.78 is 51.3. The van der Waals surface area contributed by atoms with E-state index in [2.05, 4.69) is 4.98 Å². The fraction of sp³-hybridized carbons (Fsp3) is 0.263. The fourth-order valence-corrected chi connectivity index (χ4v) is 2.77. The Morgan fingerprint density at radius 3 is 2.33 bits per heavy atom. The summed E-state index contributed by atoms with van der Waals surface area (Å²) >= 11 is 0. The van der Waals surface area contributed by atoms with Crippen LogP contribution in [0.2, 0.25) is 0 Å². The lowest BCUT2D eigenvalue weighted by Crippen LogP contribution is -2.48. The van der Waals surface area contributed by atoms with Crippen LogP contribution in [0.5, 0.6) is 0 Å². The molecule has 0 atom stereocenters. The van der Waals surface area contributed by atoms with Crippen molar-refractivity contribution in [2.24, 2.45) is 0 Å². The summed E-state index contributed by atoms with van der Waals surface area (Å²) in [5, 5.41) is 0. The average molecular weight is 379 g/mol. The first kappa shape index (κ1) is 18.9. The van der Waals surface area contributed by atoms with Gasteiger partial charge in [-0.1, -0.05) is 18.2 Å². The van der Waals surface area contributed by atoms with E-state index in [9.17, 15) is 22.4 Å². The van der Waals surface area contributed by atoms with Crippen LogP contribution in [0.1, 0.15) is 11.1 Å². The van der Waals surface area contributed by atoms with Crippen molar-refractivity contribution in [1.29, 1.82) is 0 Å². The summed E-state index contributed by atoms with van der Waals surface area (Å²) in [6, 6.07) is 8.48. The van der Waals surface area contributed by atoms with Crippen LogP contribution < -0.4 is 4.90 Å². The molecule has 1 aromatic heterocycles. The van der Waals surface area contributed by atoms with Crippen LogP contribution in [-0.4, -0.2) is 42.0 Å². The number of carbonyl (C=O) groups excluding carboxylic acids is 1. The standard InChI is InChI=1S/C19H17F4N3O/c20-16-4-2-1-3-14(16)5-8-18(27)26-11-9-25(10-12-26)17-7-6-15(13-24-17)19(21,22)23/h1-8,13H,9-12H2/b8-5+. The molecule has 0 bridgehead atoms. The molecule has 0 N–H and O–H groups in total. The lowest BCUT2D eigenvalue weighted by atomic mass is 10.2. The van der Waals surface area contributed by atoms with E-state index in [0.29, 0.717) is 37.6 Å². The summed E-state index contributed by atoms with van der Waals surface area (Å²) in [7, 11) is 0. The van der Waals surface area contributed by atoms with Gasteiger partial charge < -0.3 is 9.80 Å². The molecule has 2 aromatic rings. The molecule has 1 aliphatic rings. The summed E-state index contributed by atoms with van der Waals surface area (Å²) in [5.41, 5.74) is -0.461. The number of piperazine rings is 1. The number of aromatic nitrogens is 1. The van der Waals surface area contributed by atoms with Crippen molar-refractivity contribution in [2.45, 2.75) is 6.18 Å². The molecule has 4 nitrogen and oxygen atoms in total. The lowest BCUT2D eigenvalue weighted by Gasteiger charge is -2.35. The number of hydrogen-bond acceptors (Lipinski definition) is 3. The molecule has 0 unspecified atom stereocenters. The number of rotatable bonds is 3. The van der Waals surface area contributed by atoms with Gasteiger partial charge in [-0.2, -0.15) is 13.2 Å². The predicted octanol–water partition coefficient (Wildman–Crippen LogP) is 3.60. The number of amides is 1. The summed E-state index contributed by atoms with van der Waals surface area (Å²) in [5.74, 6) is -0.199. The number of anilines is 1. The number of halogens is 4. The Morgan fingerprint density at radius 1 is 1.04 bits per heavy atom. The van der Waals surface area contributed by atoms with E-state index in [0.717, 1.165) is 12.3 Å². The van der Waals surface area contributed by atoms with Crippen molar-refractivity contribution >= 4 is 17.8 Å². The SMILES string of the molecule is O=C(/C=C/c1ccccc1F)N1CCN(c2ccc(C(F)(F)F)cn2)CC1. The minimum Gasteiger partial charge on any atom is -0.353 e. The number of carbonyl (C=O) groups is 1. The summed E-state index contributed by atoms with van der Waals surface area (Å²) in [4.78, 5) is 19.5. The van der Waals surface area contributed by atoms with Crippen molar-refractivity contribution in [2.75, 3.05) is 31.1 Å². The third kappa shape index (κ3) is 4.64. The molecule has 3 rings (SSSR count). The van der Waals surface area contributed by atoms with Gasteiger partial charge in [-0.3, -0.25) is 4.79 Å². The van der Waals surface area contributed by atoms with Gasteiger partial charge in [0, 0.05) is 44.0 Å². The average Bonchev–Trinajstić information content (AvgIpc) is 2.67. The molecule has 1 aliphatic heterocycles. The summed E-state index contributed by atoms with van der Waals surface area (Å²) in [6.45, 7) is 1.72. The third-order valence-electron chi connectivity index (χ3n) is 4.30. The van der Waals surface area contributed by atoms with Gasteiger partial charge in [0.05, 0.1) is 5.56 Å². The number of nitrogens with zero attached hydrogens (tertiary/aromatic N) is 3. The van der Waals surface area contributed by atoms with Gasteiger partial charge in [-0.05, 0) is 24.3 Å². The molecule has 0 spiro atoms. The van der Waals surface area contributed by atoms with Gasteiger partial charge in [0.1, 0.15) is 11.6 Å². The van der Waals surface area contributed by atoms with Gasteiger partial charge in [0.2, 0.25) is 5.91 Å². The van der Waals surface area contributed by atoms with E-state index in [-0.39, 0.29) is 5.91 Å². The number of benzene rings is 1. The molecule has 1 amide bonds. The Kier molecular flexibility index (Phi) is 5.43. The second-order valence-corrected chi connectivity index (χ2v) is 6.07. The van der Waals surface area contributed by atoms with Crippen LogP contribution >= 0.6 is 0 Å². The normalized spacial score (nSPS) is 15.4. The van der Waals surface area contributed by atoms with Crippen LogP contribution in [0, 0.1) is 5.82 Å². The Morgan fingerprint density at radius 2 is 1.74 bits per heavy atom. The van der Waals surface area contributed by atoms with Gasteiger partial charge in [0.15, 0.2) is 0 Å². The zero-order chi connectivity index (χ0) is 19.4. The molecule has 1 saturated heterocycles. The topological polar surface area (TPSA) is 36.4 Å². The van der Waals surface area contributed by atoms with E-state index < -0.39 is 17.6 Å². The highest BCUT2D eigenvalue weighted by Crippen LogP contribution is 2.29. The maximum atomic E-state index is 13.6. The smallest absolute Gasteiger partial charge is 0.353 e. The Labute approximate surface area is 153 Å². The van der Waals surface area contributed by atoms with Crippen molar-refractivity contribution in [1.82, 2.24) is 9.88 Å². The van der Waals surface area contributed by atoms with Crippen molar-refractivity contribution in [3.8, 4) is 0 Å². The Hall–Kier alpha value is -2.90. The largest absolute Gasteiger partial charge is 0.417 e. The van der Waals surface area contributed by atoms with E-state index >= 15 is 0 Å². The highest BCUT2D eigenvalue weighted by Gasteiger charge is 2.31. The second kappa shape index (κ2) is 7.77. The molecule has 2 heterocycles. The molecule has 1 aromatic carbocycles. The van der Waals surface area contributed by atoms with Gasteiger partial charge in [0.25, 0.3) is 0 Å². The van der Waals surface area contributed by atoms with E-state index in [1.165, 1.54) is 24.3 Å². The van der Waals surface area contributed by atoms with E-state index in [4.69, 9.17) is 0 Å². The molecule has 8 heteroatoms. The zero-order valence-electron chi connectivity index (χ0n) is 14.3. The molecule has 0 radical (unpaired) electrons. The van der Waals surface area contributed by atoms with Crippen molar-refractivity contribution < 1.29 is 22.4 Å². The Balaban J connectivity index is 1.57. The van der Waals surface area contributed by atoms with Crippen LogP contribution in [-0.2, 0) is 11.0 Å². The minimum atomic E-state index is -4.42. The predicted molar refractivity (Wildman–Crippen MR) is 93.5 cm³/mol. The van der Waals surface area contributed by atoms with Crippen LogP contribution in [0.3, 0.4) is 0 Å². The molecule has 27 heavy (non-hydrogen) atoms. The van der Waals surface area contributed by atoms with Gasteiger partial charge in [-0.15, -0.1) is 0 Å². The molecular formula is C19H17F4N3O.